The largest absolute Gasteiger partial charge is 0.508 e. The van der Waals surface area contributed by atoms with Crippen molar-refractivity contribution in [2.75, 3.05) is 0 Å². The molecule has 0 aliphatic carbocycles. The summed E-state index contributed by atoms with van der Waals surface area (Å²) in [6, 6.07) is 11.7. The van der Waals surface area contributed by atoms with Crippen LogP contribution in [0.5, 0.6) is 11.5 Å². The third kappa shape index (κ3) is 2.21. The zero-order valence-electron chi connectivity index (χ0n) is 10.7. The SMILES string of the molecule is Cc1cc(-c2nc(-c3ccc(O)cc3)no2)ccc1O. The summed E-state index contributed by atoms with van der Waals surface area (Å²) in [5, 5.41) is 22.7. The van der Waals surface area contributed by atoms with Crippen molar-refractivity contribution < 1.29 is 14.7 Å². The van der Waals surface area contributed by atoms with Crippen LogP contribution in [0.25, 0.3) is 22.8 Å². The van der Waals surface area contributed by atoms with Crippen LogP contribution >= 0.6 is 0 Å². The van der Waals surface area contributed by atoms with Gasteiger partial charge in [-0.15, -0.1) is 0 Å². The van der Waals surface area contributed by atoms with Gasteiger partial charge in [-0.05, 0) is 55.0 Å². The van der Waals surface area contributed by atoms with E-state index in [4.69, 9.17) is 4.52 Å². The van der Waals surface area contributed by atoms with E-state index in [9.17, 15) is 10.2 Å². The Bertz CT molecular complexity index is 748. The van der Waals surface area contributed by atoms with E-state index in [0.717, 1.165) is 16.7 Å². The molecule has 0 saturated carbocycles. The summed E-state index contributed by atoms with van der Waals surface area (Å²) in [5.74, 6) is 1.25. The molecule has 0 spiro atoms. The molecule has 1 heterocycles. The fraction of sp³-hybridized carbons (Fsp3) is 0.0667. The van der Waals surface area contributed by atoms with Crippen molar-refractivity contribution in [3.8, 4) is 34.3 Å². The van der Waals surface area contributed by atoms with E-state index in [1.165, 1.54) is 0 Å². The van der Waals surface area contributed by atoms with Gasteiger partial charge in [-0.2, -0.15) is 4.98 Å². The van der Waals surface area contributed by atoms with Crippen molar-refractivity contribution in [1.82, 2.24) is 10.1 Å². The molecule has 0 saturated heterocycles. The van der Waals surface area contributed by atoms with Crippen LogP contribution in [0.1, 0.15) is 5.56 Å². The maximum absolute atomic E-state index is 9.51. The van der Waals surface area contributed by atoms with Gasteiger partial charge in [0.15, 0.2) is 0 Å². The van der Waals surface area contributed by atoms with E-state index in [0.29, 0.717) is 11.7 Å². The van der Waals surface area contributed by atoms with Crippen LogP contribution in [0.2, 0.25) is 0 Å². The van der Waals surface area contributed by atoms with Crippen LogP contribution in [0.4, 0.5) is 0 Å². The number of hydrogen-bond acceptors (Lipinski definition) is 5. The molecule has 5 heteroatoms. The lowest BCUT2D eigenvalue weighted by Gasteiger charge is -1.99. The highest BCUT2D eigenvalue weighted by atomic mass is 16.5. The highest BCUT2D eigenvalue weighted by Gasteiger charge is 2.11. The molecule has 1 aromatic heterocycles. The number of benzene rings is 2. The van der Waals surface area contributed by atoms with Gasteiger partial charge in [0, 0.05) is 11.1 Å². The van der Waals surface area contributed by atoms with Gasteiger partial charge in [-0.1, -0.05) is 5.16 Å². The van der Waals surface area contributed by atoms with Crippen LogP contribution in [0.3, 0.4) is 0 Å². The zero-order valence-corrected chi connectivity index (χ0v) is 10.7. The lowest BCUT2D eigenvalue weighted by molar-refractivity contribution is 0.432. The summed E-state index contributed by atoms with van der Waals surface area (Å²) >= 11 is 0. The van der Waals surface area contributed by atoms with E-state index in [2.05, 4.69) is 10.1 Å². The fourth-order valence-corrected chi connectivity index (χ4v) is 1.86. The first-order chi connectivity index (χ1) is 9.63. The van der Waals surface area contributed by atoms with Gasteiger partial charge in [-0.3, -0.25) is 0 Å². The topological polar surface area (TPSA) is 79.4 Å². The van der Waals surface area contributed by atoms with E-state index < -0.39 is 0 Å². The molecule has 0 radical (unpaired) electrons. The molecule has 100 valence electrons. The fourth-order valence-electron chi connectivity index (χ4n) is 1.86. The molecule has 0 aliphatic rings. The minimum Gasteiger partial charge on any atom is -0.508 e. The van der Waals surface area contributed by atoms with Crippen molar-refractivity contribution >= 4 is 0 Å². The van der Waals surface area contributed by atoms with Crippen molar-refractivity contribution in [1.29, 1.82) is 0 Å². The van der Waals surface area contributed by atoms with Crippen molar-refractivity contribution in [2.45, 2.75) is 6.92 Å². The van der Waals surface area contributed by atoms with Gasteiger partial charge in [-0.25, -0.2) is 0 Å². The van der Waals surface area contributed by atoms with Gasteiger partial charge in [0.1, 0.15) is 11.5 Å². The first kappa shape index (κ1) is 12.2. The number of aromatic hydroxyl groups is 2. The van der Waals surface area contributed by atoms with Crippen molar-refractivity contribution in [3.05, 3.63) is 48.0 Å². The second-order valence-electron chi connectivity index (χ2n) is 4.47. The number of aromatic nitrogens is 2. The zero-order chi connectivity index (χ0) is 14.1. The average molecular weight is 268 g/mol. The maximum atomic E-state index is 9.51. The van der Waals surface area contributed by atoms with E-state index in [1.54, 1.807) is 49.4 Å². The summed E-state index contributed by atoms with van der Waals surface area (Å²) in [7, 11) is 0. The second kappa shape index (κ2) is 4.70. The molecule has 2 N–H and O–H groups in total. The molecule has 3 rings (SSSR count). The van der Waals surface area contributed by atoms with E-state index in [-0.39, 0.29) is 11.5 Å². The Labute approximate surface area is 115 Å². The third-order valence-electron chi connectivity index (χ3n) is 3.00. The van der Waals surface area contributed by atoms with Crippen LogP contribution in [-0.2, 0) is 0 Å². The highest BCUT2D eigenvalue weighted by Crippen LogP contribution is 2.26. The summed E-state index contributed by atoms with van der Waals surface area (Å²) in [5.41, 5.74) is 2.25. The van der Waals surface area contributed by atoms with Crippen molar-refractivity contribution in [3.63, 3.8) is 0 Å². The Morgan fingerprint density at radius 1 is 0.950 bits per heavy atom. The molecule has 5 nitrogen and oxygen atoms in total. The van der Waals surface area contributed by atoms with Crippen molar-refractivity contribution in [2.24, 2.45) is 0 Å². The minimum atomic E-state index is 0.187. The maximum Gasteiger partial charge on any atom is 0.258 e. The molecule has 20 heavy (non-hydrogen) atoms. The average Bonchev–Trinajstić information content (AvgIpc) is 2.92. The lowest BCUT2D eigenvalue weighted by Crippen LogP contribution is -1.82. The Hall–Kier alpha value is -2.82. The molecule has 3 aromatic rings. The van der Waals surface area contributed by atoms with E-state index in [1.807, 2.05) is 0 Å². The predicted octanol–water partition coefficient (Wildman–Crippen LogP) is 3.12. The van der Waals surface area contributed by atoms with E-state index >= 15 is 0 Å². The Kier molecular flexibility index (Phi) is 2.87. The molecule has 0 fully saturated rings. The number of rotatable bonds is 2. The highest BCUT2D eigenvalue weighted by molar-refractivity contribution is 5.61. The van der Waals surface area contributed by atoms with Crippen LogP contribution in [0.15, 0.2) is 47.0 Å². The molecular formula is C15H12N2O3. The molecule has 0 amide bonds. The second-order valence-corrected chi connectivity index (χ2v) is 4.47. The van der Waals surface area contributed by atoms with Gasteiger partial charge in [0.2, 0.25) is 5.82 Å². The minimum absolute atomic E-state index is 0.187. The Morgan fingerprint density at radius 3 is 2.35 bits per heavy atom. The summed E-state index contributed by atoms with van der Waals surface area (Å²) < 4.78 is 5.22. The number of hydrogen-bond donors (Lipinski definition) is 2. The molecule has 0 atom stereocenters. The van der Waals surface area contributed by atoms with Gasteiger partial charge < -0.3 is 14.7 Å². The molecule has 0 aliphatic heterocycles. The van der Waals surface area contributed by atoms with Crippen LogP contribution in [0, 0.1) is 6.92 Å². The molecule has 0 bridgehead atoms. The molecular weight excluding hydrogens is 256 g/mol. The molecule has 2 aromatic carbocycles. The Balaban J connectivity index is 1.97. The van der Waals surface area contributed by atoms with Gasteiger partial charge in [0.25, 0.3) is 5.89 Å². The quantitative estimate of drug-likeness (QED) is 0.746. The lowest BCUT2D eigenvalue weighted by atomic mass is 10.1. The number of nitrogens with zero attached hydrogens (tertiary/aromatic N) is 2. The summed E-state index contributed by atoms with van der Waals surface area (Å²) in [6.07, 6.45) is 0. The summed E-state index contributed by atoms with van der Waals surface area (Å²) in [4.78, 5) is 4.31. The molecule has 0 unspecified atom stereocenters. The predicted molar refractivity (Wildman–Crippen MR) is 73.2 cm³/mol. The monoisotopic (exact) mass is 268 g/mol. The normalized spacial score (nSPS) is 10.7. The summed E-state index contributed by atoms with van der Waals surface area (Å²) in [6.45, 7) is 1.80. The smallest absolute Gasteiger partial charge is 0.258 e. The number of aryl methyl sites for hydroxylation is 1. The number of phenolic OH excluding ortho intramolecular Hbond substituents is 2. The standard InChI is InChI=1S/C15H12N2O3/c1-9-8-11(4-7-13(9)19)15-16-14(17-20-15)10-2-5-12(18)6-3-10/h2-8,18-19H,1H3. The van der Waals surface area contributed by atoms with Gasteiger partial charge in [0.05, 0.1) is 0 Å². The van der Waals surface area contributed by atoms with Crippen LogP contribution in [-0.4, -0.2) is 20.4 Å². The number of phenols is 2. The first-order valence-electron chi connectivity index (χ1n) is 6.06. The third-order valence-corrected chi connectivity index (χ3v) is 3.00. The Morgan fingerprint density at radius 2 is 1.65 bits per heavy atom. The van der Waals surface area contributed by atoms with Crippen LogP contribution < -0.4 is 0 Å². The van der Waals surface area contributed by atoms with Gasteiger partial charge >= 0.3 is 0 Å². The first-order valence-corrected chi connectivity index (χ1v) is 6.06.